The van der Waals surface area contributed by atoms with Crippen molar-refractivity contribution < 1.29 is 14.6 Å². The molecule has 0 radical (unpaired) electrons. The molecule has 0 bridgehead atoms. The van der Waals surface area contributed by atoms with Crippen LogP contribution in [-0.4, -0.2) is 15.2 Å². The third kappa shape index (κ3) is 3.21. The molecule has 0 saturated heterocycles. The lowest BCUT2D eigenvalue weighted by molar-refractivity contribution is 0.445. The first kappa shape index (κ1) is 17.4. The van der Waals surface area contributed by atoms with Gasteiger partial charge in [-0.1, -0.05) is 6.07 Å². The summed E-state index contributed by atoms with van der Waals surface area (Å²) in [6.07, 6.45) is 1.75. The summed E-state index contributed by atoms with van der Waals surface area (Å²) in [5.74, 6) is -0.523. The van der Waals surface area contributed by atoms with Crippen LogP contribution in [0.2, 0.25) is 0 Å². The predicted octanol–water partition coefficient (Wildman–Crippen LogP) is 4.79. The Morgan fingerprint density at radius 3 is 2.64 bits per heavy atom. The first-order valence-electron chi connectivity index (χ1n) is 8.60. The van der Waals surface area contributed by atoms with Gasteiger partial charge >= 0.3 is 0 Å². The summed E-state index contributed by atoms with van der Waals surface area (Å²) in [7, 11) is 0. The number of benzene rings is 3. The molecule has 0 aliphatic carbocycles. The van der Waals surface area contributed by atoms with Crippen LogP contribution in [0.15, 0.2) is 66.9 Å². The quantitative estimate of drug-likeness (QED) is 0.414. The van der Waals surface area contributed by atoms with E-state index in [2.05, 4.69) is 16.4 Å². The number of aromatic nitrogens is 1. The summed E-state index contributed by atoms with van der Waals surface area (Å²) in [5, 5.41) is 33.2. The average Bonchev–Trinajstić information content (AvgIpc) is 3.09. The molecule has 4 aromatic rings. The van der Waals surface area contributed by atoms with Gasteiger partial charge in [-0.15, -0.1) is 0 Å². The first-order chi connectivity index (χ1) is 13.5. The summed E-state index contributed by atoms with van der Waals surface area (Å²) < 4.78 is 13.9. The fourth-order valence-corrected chi connectivity index (χ4v) is 3.30. The fourth-order valence-electron chi connectivity index (χ4n) is 3.30. The van der Waals surface area contributed by atoms with Crippen LogP contribution in [0, 0.1) is 17.1 Å². The fraction of sp³-hybridized carbons (Fsp3) is 0.0455. The van der Waals surface area contributed by atoms with Gasteiger partial charge in [0.1, 0.15) is 17.3 Å². The molecule has 138 valence electrons. The van der Waals surface area contributed by atoms with E-state index in [0.717, 1.165) is 11.1 Å². The van der Waals surface area contributed by atoms with E-state index < -0.39 is 6.04 Å². The topological polar surface area (TPSA) is 92.1 Å². The number of halogens is 1. The van der Waals surface area contributed by atoms with Gasteiger partial charge < -0.3 is 20.5 Å². The van der Waals surface area contributed by atoms with Crippen molar-refractivity contribution in [3.63, 3.8) is 0 Å². The van der Waals surface area contributed by atoms with Gasteiger partial charge in [-0.2, -0.15) is 5.26 Å². The first-order valence-corrected chi connectivity index (χ1v) is 8.60. The molecule has 1 aromatic heterocycles. The number of hydrogen-bond acceptors (Lipinski definition) is 4. The molecule has 0 aliphatic rings. The van der Waals surface area contributed by atoms with Gasteiger partial charge in [0.2, 0.25) is 0 Å². The smallest absolute Gasteiger partial charge is 0.124 e. The van der Waals surface area contributed by atoms with E-state index in [9.17, 15) is 14.6 Å². The summed E-state index contributed by atoms with van der Waals surface area (Å²) >= 11 is 0. The SMILES string of the molecule is N#Cc1cccc(NC(c2ccc(O)cc2O)c2c[nH]c3ccc(F)cc23)c1. The number of phenolic OH excluding ortho intramolecular Hbond substituents is 2. The molecular formula is C22H16FN3O2. The number of aromatic hydroxyl groups is 2. The van der Waals surface area contributed by atoms with Gasteiger partial charge in [-0.05, 0) is 48.5 Å². The van der Waals surface area contributed by atoms with Crippen molar-refractivity contribution in [3.8, 4) is 17.6 Å². The Balaban J connectivity index is 1.87. The largest absolute Gasteiger partial charge is 0.508 e. The van der Waals surface area contributed by atoms with Crippen molar-refractivity contribution in [3.05, 3.63) is 89.4 Å². The van der Waals surface area contributed by atoms with Crippen LogP contribution in [0.1, 0.15) is 22.7 Å². The number of aromatic amines is 1. The van der Waals surface area contributed by atoms with Crippen molar-refractivity contribution in [1.29, 1.82) is 5.26 Å². The maximum Gasteiger partial charge on any atom is 0.124 e. The van der Waals surface area contributed by atoms with E-state index in [0.29, 0.717) is 22.2 Å². The van der Waals surface area contributed by atoms with Crippen LogP contribution in [0.3, 0.4) is 0 Å². The summed E-state index contributed by atoms with van der Waals surface area (Å²) in [5.41, 5.74) is 3.14. The highest BCUT2D eigenvalue weighted by Crippen LogP contribution is 2.37. The number of hydrogen-bond donors (Lipinski definition) is 4. The molecule has 4 rings (SSSR count). The van der Waals surface area contributed by atoms with Gasteiger partial charge in [-0.25, -0.2) is 4.39 Å². The number of fused-ring (bicyclic) bond motifs is 1. The zero-order chi connectivity index (χ0) is 19.7. The Hall–Kier alpha value is -3.98. The lowest BCUT2D eigenvalue weighted by atomic mass is 9.96. The zero-order valence-electron chi connectivity index (χ0n) is 14.6. The third-order valence-electron chi connectivity index (χ3n) is 4.61. The van der Waals surface area contributed by atoms with Gasteiger partial charge in [0, 0.05) is 40.0 Å². The highest BCUT2D eigenvalue weighted by molar-refractivity contribution is 5.85. The van der Waals surface area contributed by atoms with E-state index in [4.69, 9.17) is 5.26 Å². The van der Waals surface area contributed by atoms with Crippen molar-refractivity contribution in [1.82, 2.24) is 4.98 Å². The van der Waals surface area contributed by atoms with E-state index in [1.54, 1.807) is 42.6 Å². The number of phenols is 2. The Kier molecular flexibility index (Phi) is 4.34. The summed E-state index contributed by atoms with van der Waals surface area (Å²) in [4.78, 5) is 3.11. The average molecular weight is 373 g/mol. The molecule has 1 heterocycles. The summed E-state index contributed by atoms with van der Waals surface area (Å²) in [6.45, 7) is 0. The predicted molar refractivity (Wildman–Crippen MR) is 105 cm³/mol. The molecule has 5 nitrogen and oxygen atoms in total. The zero-order valence-corrected chi connectivity index (χ0v) is 14.6. The number of H-pyrrole nitrogens is 1. The molecule has 0 amide bonds. The number of rotatable bonds is 4. The minimum atomic E-state index is -0.551. The molecule has 1 atom stereocenters. The number of nitrogens with zero attached hydrogens (tertiary/aromatic N) is 1. The Labute approximate surface area is 160 Å². The maximum atomic E-state index is 13.9. The number of nitrogens with one attached hydrogen (secondary N) is 2. The van der Waals surface area contributed by atoms with Crippen molar-refractivity contribution in [2.75, 3.05) is 5.32 Å². The van der Waals surface area contributed by atoms with Crippen LogP contribution < -0.4 is 5.32 Å². The van der Waals surface area contributed by atoms with Gasteiger partial charge in [0.15, 0.2) is 0 Å². The van der Waals surface area contributed by atoms with Crippen LogP contribution in [0.25, 0.3) is 10.9 Å². The molecule has 3 aromatic carbocycles. The van der Waals surface area contributed by atoms with E-state index >= 15 is 0 Å². The van der Waals surface area contributed by atoms with Gasteiger partial charge in [0.25, 0.3) is 0 Å². The number of anilines is 1. The standard InChI is InChI=1S/C22H16FN3O2/c23-14-4-7-20-18(9-14)19(12-25-20)22(17-6-5-16(27)10-21(17)28)26-15-3-1-2-13(8-15)11-24/h1-10,12,22,25-28H. The van der Waals surface area contributed by atoms with E-state index in [1.807, 2.05) is 0 Å². The van der Waals surface area contributed by atoms with Crippen LogP contribution in [0.5, 0.6) is 11.5 Å². The second kappa shape index (κ2) is 6.97. The highest BCUT2D eigenvalue weighted by atomic mass is 19.1. The van der Waals surface area contributed by atoms with Gasteiger partial charge in [-0.3, -0.25) is 0 Å². The molecule has 0 saturated carbocycles. The minimum Gasteiger partial charge on any atom is -0.508 e. The molecule has 6 heteroatoms. The molecule has 28 heavy (non-hydrogen) atoms. The van der Waals surface area contributed by atoms with E-state index in [1.165, 1.54) is 24.3 Å². The Morgan fingerprint density at radius 1 is 1.00 bits per heavy atom. The number of nitriles is 1. The third-order valence-corrected chi connectivity index (χ3v) is 4.61. The van der Waals surface area contributed by atoms with Crippen molar-refractivity contribution in [2.24, 2.45) is 0 Å². The highest BCUT2D eigenvalue weighted by Gasteiger charge is 2.22. The second-order valence-electron chi connectivity index (χ2n) is 6.45. The molecule has 0 aliphatic heterocycles. The summed E-state index contributed by atoms with van der Waals surface area (Å²) in [6, 6.07) is 17.3. The van der Waals surface area contributed by atoms with Crippen LogP contribution >= 0.6 is 0 Å². The normalized spacial score (nSPS) is 11.9. The Bertz CT molecular complexity index is 1210. The molecule has 0 fully saturated rings. The van der Waals surface area contributed by atoms with Crippen molar-refractivity contribution in [2.45, 2.75) is 6.04 Å². The monoisotopic (exact) mass is 373 g/mol. The molecule has 4 N–H and O–H groups in total. The van der Waals surface area contributed by atoms with Crippen molar-refractivity contribution >= 4 is 16.6 Å². The minimum absolute atomic E-state index is 0.0588. The lowest BCUT2D eigenvalue weighted by Gasteiger charge is -2.21. The van der Waals surface area contributed by atoms with E-state index in [-0.39, 0.29) is 17.3 Å². The molecule has 0 spiro atoms. The Morgan fingerprint density at radius 2 is 1.86 bits per heavy atom. The second-order valence-corrected chi connectivity index (χ2v) is 6.45. The van der Waals surface area contributed by atoms with Crippen LogP contribution in [-0.2, 0) is 0 Å². The van der Waals surface area contributed by atoms with Gasteiger partial charge in [0.05, 0.1) is 17.7 Å². The maximum absolute atomic E-state index is 13.9. The molecular weight excluding hydrogens is 357 g/mol. The lowest BCUT2D eigenvalue weighted by Crippen LogP contribution is -2.12. The molecule has 1 unspecified atom stereocenters. The van der Waals surface area contributed by atoms with Crippen LogP contribution in [0.4, 0.5) is 10.1 Å².